The zero-order valence-corrected chi connectivity index (χ0v) is 12.7. The zero-order valence-electron chi connectivity index (χ0n) is 12.7. The highest BCUT2D eigenvalue weighted by Crippen LogP contribution is 2.30. The van der Waals surface area contributed by atoms with Gasteiger partial charge in [-0.1, -0.05) is 17.3 Å². The number of benzene rings is 1. The van der Waals surface area contributed by atoms with Crippen LogP contribution in [0.1, 0.15) is 10.6 Å². The maximum absolute atomic E-state index is 12.5. The summed E-state index contributed by atoms with van der Waals surface area (Å²) < 4.78 is 12.8. The number of furan rings is 1. The Kier molecular flexibility index (Phi) is 3.25. The molecule has 0 N–H and O–H groups in total. The van der Waals surface area contributed by atoms with Crippen LogP contribution in [0.5, 0.6) is 5.75 Å². The van der Waals surface area contributed by atoms with Gasteiger partial charge in [0.1, 0.15) is 0 Å². The van der Waals surface area contributed by atoms with Crippen LogP contribution < -0.4 is 4.74 Å². The lowest BCUT2D eigenvalue weighted by Crippen LogP contribution is -2.51. The number of carbonyl (C=O) groups excluding carboxylic acids is 1. The van der Waals surface area contributed by atoms with Crippen molar-refractivity contribution in [2.24, 2.45) is 5.92 Å². The predicted molar refractivity (Wildman–Crippen MR) is 82.2 cm³/mol. The molecule has 2 aromatic heterocycles. The monoisotopic (exact) mass is 312 g/mol. The summed E-state index contributed by atoms with van der Waals surface area (Å²) in [4.78, 5) is 14.3. The normalized spacial score (nSPS) is 14.9. The Balaban J connectivity index is 1.46. The molecule has 1 fully saturated rings. The molecule has 0 spiro atoms. The molecule has 4 rings (SSSR count). The molecule has 1 saturated heterocycles. The fourth-order valence-corrected chi connectivity index (χ4v) is 2.90. The number of nitrogens with zero attached hydrogens (tertiary/aromatic N) is 4. The highest BCUT2D eigenvalue weighted by Gasteiger charge is 2.33. The average molecular weight is 312 g/mol. The number of carbonyl (C=O) groups is 1. The SMILES string of the molecule is COc1cccc2cc(C(=O)N3CC(Cn4ccnn4)C3)oc12. The van der Waals surface area contributed by atoms with Crippen molar-refractivity contribution in [3.63, 3.8) is 0 Å². The first-order valence-corrected chi connectivity index (χ1v) is 7.44. The summed E-state index contributed by atoms with van der Waals surface area (Å²) in [7, 11) is 1.59. The van der Waals surface area contributed by atoms with Gasteiger partial charge in [0.15, 0.2) is 17.1 Å². The Hall–Kier alpha value is -2.83. The lowest BCUT2D eigenvalue weighted by molar-refractivity contribution is 0.0431. The first-order valence-electron chi connectivity index (χ1n) is 7.44. The van der Waals surface area contributed by atoms with Gasteiger partial charge >= 0.3 is 0 Å². The van der Waals surface area contributed by atoms with Crippen LogP contribution in [0.15, 0.2) is 41.1 Å². The number of likely N-dealkylation sites (tertiary alicyclic amines) is 1. The second kappa shape index (κ2) is 5.42. The standard InChI is InChI=1S/C16H16N4O3/c1-22-13-4-2-3-12-7-14(23-15(12)13)16(21)19-8-11(9-19)10-20-6-5-17-18-20/h2-7,11H,8-10H2,1H3. The van der Waals surface area contributed by atoms with E-state index in [1.807, 2.05) is 24.4 Å². The number of ether oxygens (including phenoxy) is 1. The minimum Gasteiger partial charge on any atom is -0.493 e. The first kappa shape index (κ1) is 13.8. The van der Waals surface area contributed by atoms with Crippen LogP contribution in [0.25, 0.3) is 11.0 Å². The van der Waals surface area contributed by atoms with Crippen molar-refractivity contribution in [1.82, 2.24) is 19.9 Å². The van der Waals surface area contributed by atoms with Gasteiger partial charge in [-0.05, 0) is 12.1 Å². The molecular weight excluding hydrogens is 296 g/mol. The van der Waals surface area contributed by atoms with Crippen molar-refractivity contribution in [2.45, 2.75) is 6.54 Å². The van der Waals surface area contributed by atoms with Crippen LogP contribution in [0.3, 0.4) is 0 Å². The summed E-state index contributed by atoms with van der Waals surface area (Å²) in [6, 6.07) is 7.37. The molecule has 0 unspecified atom stereocenters. The Morgan fingerprint density at radius 1 is 1.43 bits per heavy atom. The maximum atomic E-state index is 12.5. The molecule has 0 radical (unpaired) electrons. The van der Waals surface area contributed by atoms with Crippen LogP contribution >= 0.6 is 0 Å². The molecule has 1 aliphatic rings. The quantitative estimate of drug-likeness (QED) is 0.734. The second-order valence-corrected chi connectivity index (χ2v) is 5.69. The molecule has 0 aliphatic carbocycles. The van der Waals surface area contributed by atoms with E-state index >= 15 is 0 Å². The van der Waals surface area contributed by atoms with Crippen LogP contribution in [-0.4, -0.2) is 46.0 Å². The van der Waals surface area contributed by atoms with Crippen molar-refractivity contribution in [3.05, 3.63) is 42.4 Å². The summed E-state index contributed by atoms with van der Waals surface area (Å²) in [5.41, 5.74) is 0.609. The molecule has 1 aromatic carbocycles. The summed E-state index contributed by atoms with van der Waals surface area (Å²) >= 11 is 0. The third-order valence-electron chi connectivity index (χ3n) is 4.10. The topological polar surface area (TPSA) is 73.4 Å². The number of aromatic nitrogens is 3. The average Bonchev–Trinajstić information content (AvgIpc) is 3.18. The van der Waals surface area contributed by atoms with E-state index in [1.54, 1.807) is 29.0 Å². The molecule has 7 nitrogen and oxygen atoms in total. The lowest BCUT2D eigenvalue weighted by atomic mass is 10.00. The molecule has 1 aliphatic heterocycles. The van der Waals surface area contributed by atoms with E-state index in [4.69, 9.17) is 9.15 Å². The molecule has 23 heavy (non-hydrogen) atoms. The zero-order chi connectivity index (χ0) is 15.8. The molecule has 118 valence electrons. The molecule has 0 bridgehead atoms. The van der Waals surface area contributed by atoms with E-state index in [0.717, 1.165) is 11.9 Å². The first-order chi connectivity index (χ1) is 11.2. The summed E-state index contributed by atoms with van der Waals surface area (Å²) in [5, 5.41) is 8.59. The van der Waals surface area contributed by atoms with E-state index < -0.39 is 0 Å². The fourth-order valence-electron chi connectivity index (χ4n) is 2.90. The molecule has 3 aromatic rings. The summed E-state index contributed by atoms with van der Waals surface area (Å²) in [6.45, 7) is 2.18. The van der Waals surface area contributed by atoms with Gasteiger partial charge in [0.05, 0.1) is 13.3 Å². The Labute approximate surface area is 132 Å². The summed E-state index contributed by atoms with van der Waals surface area (Å²) in [6.07, 6.45) is 3.49. The van der Waals surface area contributed by atoms with Crippen LogP contribution in [0.4, 0.5) is 0 Å². The third kappa shape index (κ3) is 2.44. The number of amides is 1. The van der Waals surface area contributed by atoms with Gasteiger partial charge in [-0.2, -0.15) is 0 Å². The molecule has 0 atom stereocenters. The minimum atomic E-state index is -0.0851. The Morgan fingerprint density at radius 3 is 3.04 bits per heavy atom. The van der Waals surface area contributed by atoms with Crippen molar-refractivity contribution in [1.29, 1.82) is 0 Å². The van der Waals surface area contributed by atoms with Gasteiger partial charge in [-0.25, -0.2) is 0 Å². The van der Waals surface area contributed by atoms with Crippen molar-refractivity contribution in [2.75, 3.05) is 20.2 Å². The van der Waals surface area contributed by atoms with E-state index in [2.05, 4.69) is 10.3 Å². The Morgan fingerprint density at radius 2 is 2.30 bits per heavy atom. The number of hydrogen-bond acceptors (Lipinski definition) is 5. The number of methoxy groups -OCH3 is 1. The van der Waals surface area contributed by atoms with Gasteiger partial charge in [0.2, 0.25) is 0 Å². The van der Waals surface area contributed by atoms with Crippen LogP contribution in [0.2, 0.25) is 0 Å². The number of hydrogen-bond donors (Lipinski definition) is 0. The maximum Gasteiger partial charge on any atom is 0.289 e. The summed E-state index contributed by atoms with van der Waals surface area (Å²) in [5.74, 6) is 1.30. The molecule has 0 saturated carbocycles. The highest BCUT2D eigenvalue weighted by atomic mass is 16.5. The second-order valence-electron chi connectivity index (χ2n) is 5.69. The van der Waals surface area contributed by atoms with E-state index in [0.29, 0.717) is 36.1 Å². The molecule has 1 amide bonds. The molecular formula is C16H16N4O3. The number of rotatable bonds is 4. The highest BCUT2D eigenvalue weighted by molar-refractivity contribution is 5.97. The van der Waals surface area contributed by atoms with E-state index in [-0.39, 0.29) is 5.91 Å². The molecule has 3 heterocycles. The van der Waals surface area contributed by atoms with E-state index in [9.17, 15) is 4.79 Å². The molecule has 7 heteroatoms. The van der Waals surface area contributed by atoms with E-state index in [1.165, 1.54) is 0 Å². The largest absolute Gasteiger partial charge is 0.493 e. The smallest absolute Gasteiger partial charge is 0.289 e. The van der Waals surface area contributed by atoms with Gasteiger partial charge < -0.3 is 14.1 Å². The predicted octanol–water partition coefficient (Wildman–Crippen LogP) is 1.81. The van der Waals surface area contributed by atoms with Gasteiger partial charge in [0, 0.05) is 37.1 Å². The minimum absolute atomic E-state index is 0.0851. The van der Waals surface area contributed by atoms with Crippen molar-refractivity contribution >= 4 is 16.9 Å². The number of para-hydroxylation sites is 1. The van der Waals surface area contributed by atoms with Crippen molar-refractivity contribution in [3.8, 4) is 5.75 Å². The Bertz CT molecular complexity index is 834. The van der Waals surface area contributed by atoms with Gasteiger partial charge in [0.25, 0.3) is 5.91 Å². The number of fused-ring (bicyclic) bond motifs is 1. The lowest BCUT2D eigenvalue weighted by Gasteiger charge is -2.38. The van der Waals surface area contributed by atoms with Crippen LogP contribution in [0, 0.1) is 5.92 Å². The van der Waals surface area contributed by atoms with Gasteiger partial charge in [-0.3, -0.25) is 9.48 Å². The van der Waals surface area contributed by atoms with Crippen molar-refractivity contribution < 1.29 is 13.9 Å². The third-order valence-corrected chi connectivity index (χ3v) is 4.10. The fraction of sp³-hybridized carbons (Fsp3) is 0.312. The van der Waals surface area contributed by atoms with Crippen LogP contribution in [-0.2, 0) is 6.54 Å². The van der Waals surface area contributed by atoms with Gasteiger partial charge in [-0.15, -0.1) is 5.10 Å².